The highest BCUT2D eigenvalue weighted by atomic mass is 19.2. The van der Waals surface area contributed by atoms with Crippen molar-refractivity contribution >= 4 is 23.8 Å². The van der Waals surface area contributed by atoms with Gasteiger partial charge < -0.3 is 24.8 Å². The van der Waals surface area contributed by atoms with Crippen molar-refractivity contribution in [2.45, 2.75) is 84.3 Å². The SMILES string of the molecule is CC(C)C[C@@H]1OC(=O)C(C)(C)CNC(=O)[C@@H](Cc2c(F)c(F)c(F)c(F)c2F)NC(=O)/C=C/C[C@@H]([C@H](C)[C@H]2O[C@@H]2c2ccccc2)OC1=O. The lowest BCUT2D eigenvalue weighted by Crippen LogP contribution is -2.51. The van der Waals surface area contributed by atoms with Crippen LogP contribution < -0.4 is 10.6 Å². The summed E-state index contributed by atoms with van der Waals surface area (Å²) in [5, 5.41) is 4.60. The van der Waals surface area contributed by atoms with Crippen LogP contribution in [0.15, 0.2) is 42.5 Å². The molecule has 49 heavy (non-hydrogen) atoms. The summed E-state index contributed by atoms with van der Waals surface area (Å²) in [6.45, 7) is 7.79. The van der Waals surface area contributed by atoms with Gasteiger partial charge in [0, 0.05) is 30.9 Å². The third kappa shape index (κ3) is 9.02. The highest BCUT2D eigenvalue weighted by Gasteiger charge is 2.48. The van der Waals surface area contributed by atoms with Crippen LogP contribution >= 0.6 is 0 Å². The molecule has 0 unspecified atom stereocenters. The number of ether oxygens (including phenoxy) is 3. The lowest BCUT2D eigenvalue weighted by atomic mass is 9.92. The Morgan fingerprint density at radius 3 is 2.10 bits per heavy atom. The summed E-state index contributed by atoms with van der Waals surface area (Å²) in [4.78, 5) is 53.1. The average Bonchev–Trinajstić information content (AvgIpc) is 3.86. The van der Waals surface area contributed by atoms with E-state index in [0.717, 1.165) is 11.6 Å². The topological polar surface area (TPSA) is 123 Å². The number of epoxide rings is 1. The second-order valence-electron chi connectivity index (χ2n) is 13.3. The second-order valence-corrected chi connectivity index (χ2v) is 13.3. The van der Waals surface area contributed by atoms with Crippen molar-refractivity contribution in [2.24, 2.45) is 17.3 Å². The molecule has 2 heterocycles. The number of amides is 2. The van der Waals surface area contributed by atoms with Crippen LogP contribution in [-0.4, -0.2) is 54.7 Å². The molecule has 2 aromatic rings. The van der Waals surface area contributed by atoms with Crippen LogP contribution in [0.2, 0.25) is 0 Å². The highest BCUT2D eigenvalue weighted by molar-refractivity contribution is 5.93. The number of hydrogen-bond acceptors (Lipinski definition) is 7. The molecule has 1 fully saturated rings. The Morgan fingerprint density at radius 2 is 1.49 bits per heavy atom. The smallest absolute Gasteiger partial charge is 0.347 e. The number of hydrogen-bond donors (Lipinski definition) is 2. The van der Waals surface area contributed by atoms with E-state index in [2.05, 4.69) is 10.6 Å². The van der Waals surface area contributed by atoms with Crippen molar-refractivity contribution in [3.63, 3.8) is 0 Å². The maximum absolute atomic E-state index is 14.6. The standard InChI is InChI=1S/C35H39F5N2O7/c1-17(2)14-23-33(45)47-22(18(3)30-31(49-30)19-10-7-6-8-11-19)12-9-13-24(43)42-21(32(44)41-16-35(4,5)34(46)48-23)15-20-25(36)27(38)29(40)28(39)26(20)37/h6-11,13,17-18,21-23,30-31H,12,14-16H2,1-5H3,(H,41,44)(H,42,43)/b13-9+/t18-,21+,22-,23-,30+,31+/m0/s1. The van der Waals surface area contributed by atoms with Gasteiger partial charge in [-0.3, -0.25) is 14.4 Å². The zero-order valence-electron chi connectivity index (χ0n) is 27.7. The van der Waals surface area contributed by atoms with Gasteiger partial charge in [0.05, 0.1) is 11.5 Å². The van der Waals surface area contributed by atoms with Crippen LogP contribution in [0.3, 0.4) is 0 Å². The molecule has 6 atom stereocenters. The summed E-state index contributed by atoms with van der Waals surface area (Å²) in [5.41, 5.74) is -1.89. The van der Waals surface area contributed by atoms with Gasteiger partial charge in [0.2, 0.25) is 17.6 Å². The van der Waals surface area contributed by atoms with Gasteiger partial charge in [-0.2, -0.15) is 0 Å². The van der Waals surface area contributed by atoms with Gasteiger partial charge in [-0.25, -0.2) is 26.7 Å². The first-order valence-corrected chi connectivity index (χ1v) is 15.9. The number of esters is 2. The van der Waals surface area contributed by atoms with Gasteiger partial charge in [0.25, 0.3) is 0 Å². The lowest BCUT2D eigenvalue weighted by molar-refractivity contribution is -0.179. The largest absolute Gasteiger partial charge is 0.459 e. The van der Waals surface area contributed by atoms with Crippen molar-refractivity contribution in [1.82, 2.24) is 10.6 Å². The normalized spacial score (nSPS) is 26.3. The number of nitrogens with one attached hydrogen (secondary N) is 2. The van der Waals surface area contributed by atoms with Gasteiger partial charge >= 0.3 is 11.9 Å². The number of cyclic esters (lactones) is 2. The van der Waals surface area contributed by atoms with Crippen LogP contribution in [0.25, 0.3) is 0 Å². The van der Waals surface area contributed by atoms with Crippen molar-refractivity contribution < 1.29 is 55.3 Å². The monoisotopic (exact) mass is 694 g/mol. The maximum atomic E-state index is 14.6. The first kappa shape index (κ1) is 37.5. The fourth-order valence-corrected chi connectivity index (χ4v) is 5.43. The molecule has 4 rings (SSSR count). The molecule has 2 aliphatic heterocycles. The zero-order valence-corrected chi connectivity index (χ0v) is 27.7. The predicted molar refractivity (Wildman–Crippen MR) is 165 cm³/mol. The summed E-state index contributed by atoms with van der Waals surface area (Å²) in [7, 11) is 0. The van der Waals surface area contributed by atoms with Crippen LogP contribution in [0.1, 0.15) is 64.7 Å². The molecule has 2 N–H and O–H groups in total. The predicted octanol–water partition coefficient (Wildman–Crippen LogP) is 5.16. The highest BCUT2D eigenvalue weighted by Crippen LogP contribution is 2.45. The fraction of sp³-hybridized carbons (Fsp3) is 0.486. The number of carbonyl (C=O) groups excluding carboxylic acids is 4. The Labute approximate surface area is 280 Å². The molecule has 2 amide bonds. The summed E-state index contributed by atoms with van der Waals surface area (Å²) >= 11 is 0. The molecule has 9 nitrogen and oxygen atoms in total. The summed E-state index contributed by atoms with van der Waals surface area (Å²) in [6.07, 6.45) is -1.52. The van der Waals surface area contributed by atoms with Crippen LogP contribution in [0.4, 0.5) is 22.0 Å². The van der Waals surface area contributed by atoms with Gasteiger partial charge in [0.1, 0.15) is 18.2 Å². The molecule has 266 valence electrons. The average molecular weight is 695 g/mol. The van der Waals surface area contributed by atoms with E-state index in [9.17, 15) is 41.1 Å². The third-order valence-electron chi connectivity index (χ3n) is 8.46. The molecule has 0 radical (unpaired) electrons. The summed E-state index contributed by atoms with van der Waals surface area (Å²) in [5.74, 6) is -15.3. The molecule has 0 saturated carbocycles. The molecular formula is C35H39F5N2O7. The molecule has 0 aliphatic carbocycles. The minimum Gasteiger partial charge on any atom is -0.459 e. The van der Waals surface area contributed by atoms with Gasteiger partial charge in [-0.15, -0.1) is 0 Å². The molecule has 14 heteroatoms. The van der Waals surface area contributed by atoms with Crippen molar-refractivity contribution in [3.05, 3.63) is 82.7 Å². The molecule has 0 aromatic heterocycles. The minimum absolute atomic E-state index is 0.0377. The van der Waals surface area contributed by atoms with Crippen LogP contribution in [0, 0.1) is 46.3 Å². The molecule has 2 aliphatic rings. The van der Waals surface area contributed by atoms with Crippen molar-refractivity contribution in [3.8, 4) is 0 Å². The van der Waals surface area contributed by atoms with Gasteiger partial charge in [-0.1, -0.05) is 57.2 Å². The van der Waals surface area contributed by atoms with Gasteiger partial charge in [-0.05, 0) is 37.8 Å². The quantitative estimate of drug-likeness (QED) is 0.135. The number of rotatable bonds is 7. The van der Waals surface area contributed by atoms with Gasteiger partial charge in [0.15, 0.2) is 29.4 Å². The van der Waals surface area contributed by atoms with E-state index >= 15 is 0 Å². The Morgan fingerprint density at radius 1 is 0.878 bits per heavy atom. The van der Waals surface area contributed by atoms with E-state index in [0.29, 0.717) is 0 Å². The summed E-state index contributed by atoms with van der Waals surface area (Å²) in [6, 6.07) is 7.53. The van der Waals surface area contributed by atoms with Crippen molar-refractivity contribution in [1.29, 1.82) is 0 Å². The molecular weight excluding hydrogens is 655 g/mol. The second kappa shape index (κ2) is 15.5. The first-order valence-electron chi connectivity index (χ1n) is 15.9. The van der Waals surface area contributed by atoms with E-state index in [1.54, 1.807) is 6.92 Å². The molecule has 0 bridgehead atoms. The number of halogens is 5. The lowest BCUT2D eigenvalue weighted by Gasteiger charge is -2.29. The number of benzene rings is 2. The van der Waals surface area contributed by atoms with Crippen LogP contribution in [0.5, 0.6) is 0 Å². The van der Waals surface area contributed by atoms with E-state index in [-0.39, 0.29) is 31.0 Å². The van der Waals surface area contributed by atoms with E-state index in [1.165, 1.54) is 19.9 Å². The maximum Gasteiger partial charge on any atom is 0.347 e. The first-order chi connectivity index (χ1) is 23.0. The van der Waals surface area contributed by atoms with E-state index in [1.807, 2.05) is 44.2 Å². The minimum atomic E-state index is -2.37. The Bertz CT molecular complexity index is 1570. The molecule has 1 saturated heterocycles. The third-order valence-corrected chi connectivity index (χ3v) is 8.46. The Hall–Kier alpha value is -4.33. The van der Waals surface area contributed by atoms with Crippen molar-refractivity contribution in [2.75, 3.05) is 6.54 Å². The zero-order chi connectivity index (χ0) is 36.2. The molecule has 2 aromatic carbocycles. The summed E-state index contributed by atoms with van der Waals surface area (Å²) < 4.78 is 88.2. The number of carbonyl (C=O) groups is 4. The Kier molecular flexibility index (Phi) is 11.8. The van der Waals surface area contributed by atoms with E-state index < -0.39 is 101 Å². The molecule has 0 spiro atoms. The fourth-order valence-electron chi connectivity index (χ4n) is 5.43. The van der Waals surface area contributed by atoms with Crippen LogP contribution in [-0.2, 0) is 39.8 Å². The van der Waals surface area contributed by atoms with E-state index in [4.69, 9.17) is 14.2 Å². The Balaban J connectivity index is 1.66.